The van der Waals surface area contributed by atoms with Gasteiger partial charge in [-0.2, -0.15) is 5.26 Å². The van der Waals surface area contributed by atoms with Crippen molar-refractivity contribution >= 4 is 34.9 Å². The Morgan fingerprint density at radius 3 is 2.61 bits per heavy atom. The number of piperidine rings is 1. The Balaban J connectivity index is 0.00000192. The highest BCUT2D eigenvalue weighted by atomic mass is 35.5. The molecular weight excluding hydrogens is 379 g/mol. The molecule has 1 saturated heterocycles. The maximum atomic E-state index is 14.6. The van der Waals surface area contributed by atoms with Crippen LogP contribution in [0.1, 0.15) is 36.0 Å². The van der Waals surface area contributed by atoms with Gasteiger partial charge in [0.05, 0.1) is 23.2 Å². The van der Waals surface area contributed by atoms with Gasteiger partial charge in [-0.05, 0) is 42.5 Å². The van der Waals surface area contributed by atoms with Gasteiger partial charge in [-0.15, -0.1) is 12.4 Å². The molecule has 146 valence electrons. The second kappa shape index (κ2) is 6.91. The molecule has 1 aliphatic carbocycles. The van der Waals surface area contributed by atoms with Crippen molar-refractivity contribution in [1.29, 1.82) is 5.26 Å². The van der Waals surface area contributed by atoms with Gasteiger partial charge in [-0.1, -0.05) is 12.1 Å². The van der Waals surface area contributed by atoms with E-state index in [-0.39, 0.29) is 12.4 Å². The Hall–Kier alpha value is -2.36. The standard InChI is InChI=1S/C21H21FN4O.ClH/c22-21(13-27)8-10-25(11-9-21)20-15-5-3-4-14(15)16(12-23)19-24-17-6-1-2-7-18(17)26(19)20;/h1-2,6-7,27H,3-5,8-11,13H2;1H. The summed E-state index contributed by atoms with van der Waals surface area (Å²) in [4.78, 5) is 6.99. The number of imidazole rings is 1. The third kappa shape index (κ3) is 2.65. The number of fused-ring (bicyclic) bond motifs is 4. The maximum Gasteiger partial charge on any atom is 0.157 e. The van der Waals surface area contributed by atoms with E-state index in [4.69, 9.17) is 4.98 Å². The number of anilines is 1. The minimum Gasteiger partial charge on any atom is -0.393 e. The highest BCUT2D eigenvalue weighted by molar-refractivity contribution is 5.86. The second-order valence-electron chi connectivity index (χ2n) is 7.68. The Bertz CT molecular complexity index is 1100. The molecule has 0 amide bonds. The predicted octanol–water partition coefficient (Wildman–Crippen LogP) is 3.57. The zero-order valence-corrected chi connectivity index (χ0v) is 16.3. The monoisotopic (exact) mass is 400 g/mol. The molecular formula is C21H22ClFN4O. The van der Waals surface area contributed by atoms with Crippen LogP contribution in [0.15, 0.2) is 24.3 Å². The summed E-state index contributed by atoms with van der Waals surface area (Å²) in [7, 11) is 0. The highest BCUT2D eigenvalue weighted by Crippen LogP contribution is 2.40. The average Bonchev–Trinajstić information content (AvgIpc) is 3.32. The van der Waals surface area contributed by atoms with Gasteiger partial charge in [0.2, 0.25) is 0 Å². The molecule has 3 heterocycles. The van der Waals surface area contributed by atoms with Crippen molar-refractivity contribution in [3.63, 3.8) is 0 Å². The van der Waals surface area contributed by atoms with Gasteiger partial charge in [0.25, 0.3) is 0 Å². The zero-order valence-electron chi connectivity index (χ0n) is 15.5. The molecule has 1 N–H and O–H groups in total. The number of nitriles is 1. The lowest BCUT2D eigenvalue weighted by Crippen LogP contribution is -2.44. The van der Waals surface area contributed by atoms with E-state index in [0.29, 0.717) is 37.1 Å². The number of pyridine rings is 1. The average molecular weight is 401 g/mol. The molecule has 1 aliphatic heterocycles. The van der Waals surface area contributed by atoms with Crippen LogP contribution in [0.2, 0.25) is 0 Å². The lowest BCUT2D eigenvalue weighted by Gasteiger charge is -2.38. The molecule has 2 aromatic heterocycles. The number of alkyl halides is 1. The van der Waals surface area contributed by atoms with Crippen LogP contribution in [0, 0.1) is 11.3 Å². The van der Waals surface area contributed by atoms with E-state index >= 15 is 0 Å². The van der Waals surface area contributed by atoms with E-state index < -0.39 is 12.3 Å². The van der Waals surface area contributed by atoms with Crippen LogP contribution >= 0.6 is 12.4 Å². The number of hydrogen-bond acceptors (Lipinski definition) is 4. The lowest BCUT2D eigenvalue weighted by atomic mass is 9.93. The molecule has 0 unspecified atom stereocenters. The molecule has 7 heteroatoms. The van der Waals surface area contributed by atoms with Gasteiger partial charge in [0.1, 0.15) is 17.6 Å². The molecule has 1 aromatic carbocycles. The molecule has 2 aliphatic rings. The summed E-state index contributed by atoms with van der Waals surface area (Å²) in [5.74, 6) is 1.06. The van der Waals surface area contributed by atoms with E-state index in [1.807, 2.05) is 24.3 Å². The topological polar surface area (TPSA) is 64.6 Å². The van der Waals surface area contributed by atoms with E-state index in [2.05, 4.69) is 15.4 Å². The second-order valence-corrected chi connectivity index (χ2v) is 7.68. The Morgan fingerprint density at radius 2 is 1.89 bits per heavy atom. The van der Waals surface area contributed by atoms with Crippen molar-refractivity contribution in [3.05, 3.63) is 41.0 Å². The zero-order chi connectivity index (χ0) is 18.6. The molecule has 5 nitrogen and oxygen atoms in total. The van der Waals surface area contributed by atoms with E-state index in [1.165, 1.54) is 5.56 Å². The summed E-state index contributed by atoms with van der Waals surface area (Å²) in [6.07, 6.45) is 3.47. The summed E-state index contributed by atoms with van der Waals surface area (Å²) in [5, 5.41) is 19.2. The molecule has 0 radical (unpaired) electrons. The first-order chi connectivity index (χ1) is 13.1. The molecule has 0 atom stereocenters. The molecule has 28 heavy (non-hydrogen) atoms. The quantitative estimate of drug-likeness (QED) is 0.714. The minimum atomic E-state index is -1.48. The van der Waals surface area contributed by atoms with Crippen molar-refractivity contribution < 1.29 is 9.50 Å². The molecule has 3 aromatic rings. The van der Waals surface area contributed by atoms with E-state index in [1.54, 1.807) is 0 Å². The molecule has 0 bridgehead atoms. The van der Waals surface area contributed by atoms with E-state index in [0.717, 1.165) is 41.7 Å². The summed E-state index contributed by atoms with van der Waals surface area (Å²) in [6, 6.07) is 10.3. The van der Waals surface area contributed by atoms with E-state index in [9.17, 15) is 14.8 Å². The van der Waals surface area contributed by atoms with Crippen molar-refractivity contribution in [2.45, 2.75) is 37.8 Å². The SMILES string of the molecule is Cl.N#Cc1c2c(c(N3CCC(F)(CO)CC3)n3c1nc1ccccc13)CCC2. The lowest BCUT2D eigenvalue weighted by molar-refractivity contribution is 0.0479. The van der Waals surface area contributed by atoms with Gasteiger partial charge in [0, 0.05) is 25.9 Å². The summed E-state index contributed by atoms with van der Waals surface area (Å²) in [5.41, 5.74) is 4.05. The summed E-state index contributed by atoms with van der Waals surface area (Å²) in [6.45, 7) is 0.684. The van der Waals surface area contributed by atoms with Crippen LogP contribution in [0.3, 0.4) is 0 Å². The third-order valence-corrected chi connectivity index (χ3v) is 6.14. The summed E-state index contributed by atoms with van der Waals surface area (Å²) < 4.78 is 16.7. The van der Waals surface area contributed by atoms with Crippen LogP contribution in [0.4, 0.5) is 10.2 Å². The number of para-hydroxylation sites is 2. The predicted molar refractivity (Wildman–Crippen MR) is 109 cm³/mol. The normalized spacial score (nSPS) is 18.1. The number of nitrogens with zero attached hydrogens (tertiary/aromatic N) is 4. The Labute approximate surface area is 168 Å². The first-order valence-electron chi connectivity index (χ1n) is 9.55. The largest absolute Gasteiger partial charge is 0.393 e. The number of aromatic nitrogens is 2. The van der Waals surface area contributed by atoms with Gasteiger partial charge >= 0.3 is 0 Å². The molecule has 5 rings (SSSR count). The number of hydrogen-bond donors (Lipinski definition) is 1. The number of rotatable bonds is 2. The van der Waals surface area contributed by atoms with Gasteiger partial charge in [-0.25, -0.2) is 9.37 Å². The van der Waals surface area contributed by atoms with Crippen LogP contribution in [0.5, 0.6) is 0 Å². The van der Waals surface area contributed by atoms with Crippen molar-refractivity contribution in [2.24, 2.45) is 0 Å². The Morgan fingerprint density at radius 1 is 1.18 bits per heavy atom. The van der Waals surface area contributed by atoms with Crippen LogP contribution in [-0.4, -0.2) is 39.9 Å². The summed E-state index contributed by atoms with van der Waals surface area (Å²) >= 11 is 0. The number of aliphatic hydroxyl groups is 1. The van der Waals surface area contributed by atoms with Crippen LogP contribution < -0.4 is 4.90 Å². The highest BCUT2D eigenvalue weighted by Gasteiger charge is 2.36. The maximum absolute atomic E-state index is 14.6. The van der Waals surface area contributed by atoms with Crippen molar-refractivity contribution in [2.75, 3.05) is 24.6 Å². The smallest absolute Gasteiger partial charge is 0.157 e. The number of halogens is 2. The molecule has 0 saturated carbocycles. The van der Waals surface area contributed by atoms with Crippen LogP contribution in [-0.2, 0) is 12.8 Å². The fourth-order valence-electron chi connectivity index (χ4n) is 4.67. The van der Waals surface area contributed by atoms with Crippen LogP contribution in [0.25, 0.3) is 16.7 Å². The first kappa shape index (κ1) is 19.0. The first-order valence-corrected chi connectivity index (χ1v) is 9.55. The fourth-order valence-corrected chi connectivity index (χ4v) is 4.67. The Kier molecular flexibility index (Phi) is 4.68. The van der Waals surface area contributed by atoms with Gasteiger partial charge in [0.15, 0.2) is 5.65 Å². The van der Waals surface area contributed by atoms with Crippen molar-refractivity contribution in [1.82, 2.24) is 9.38 Å². The molecule has 1 fully saturated rings. The minimum absolute atomic E-state index is 0. The van der Waals surface area contributed by atoms with Crippen molar-refractivity contribution in [3.8, 4) is 6.07 Å². The number of aliphatic hydroxyl groups excluding tert-OH is 1. The number of benzene rings is 1. The third-order valence-electron chi connectivity index (χ3n) is 6.14. The van der Waals surface area contributed by atoms with Gasteiger partial charge in [-0.3, -0.25) is 4.40 Å². The molecule has 0 spiro atoms. The fraction of sp³-hybridized carbons (Fsp3) is 0.429. The van der Waals surface area contributed by atoms with Gasteiger partial charge < -0.3 is 10.0 Å².